The van der Waals surface area contributed by atoms with Crippen molar-refractivity contribution < 1.29 is 38.6 Å². The van der Waals surface area contributed by atoms with E-state index in [-0.39, 0.29) is 49.5 Å². The Morgan fingerprint density at radius 2 is 2.00 bits per heavy atom. The molecule has 2 saturated heterocycles. The van der Waals surface area contributed by atoms with E-state index in [4.69, 9.17) is 15.6 Å². The molecule has 204 valence electrons. The Labute approximate surface area is 217 Å². The molecule has 4 N–H and O–H groups in total. The predicted molar refractivity (Wildman–Crippen MR) is 138 cm³/mol. The van der Waals surface area contributed by atoms with E-state index in [9.17, 15) is 24.0 Å². The van der Waals surface area contributed by atoms with E-state index in [1.165, 1.54) is 18.9 Å². The fraction of sp³-hybridized carbons (Fsp3) is 0.682. The molecular weight excluding hydrogens is 511 g/mol. The first-order chi connectivity index (χ1) is 17.1. The average Bonchev–Trinajstić information content (AvgIpc) is 3.34. The number of hydrogen-bond donors (Lipinski definition) is 3. The lowest BCUT2D eigenvalue weighted by Crippen LogP contribution is -2.39. The number of fused-ring (bicyclic) bond motifs is 1. The zero-order chi connectivity index (χ0) is 27.5. The number of amides is 3. The van der Waals surface area contributed by atoms with Gasteiger partial charge in [-0.15, -0.1) is 6.58 Å². The predicted octanol–water partition coefficient (Wildman–Crippen LogP) is 2.68. The zero-order valence-electron chi connectivity index (χ0n) is 21.0. The van der Waals surface area contributed by atoms with Crippen LogP contribution in [0.25, 0.3) is 0 Å². The van der Waals surface area contributed by atoms with Crippen LogP contribution in [0, 0.1) is 0 Å². The number of thioether (sulfide) groups is 1. The number of nitrogens with two attached hydrogens (primary N) is 1. The molecule has 3 unspecified atom stereocenters. The molecule has 0 radical (unpaired) electrons. The summed E-state index contributed by atoms with van der Waals surface area (Å²) in [5, 5.41) is 11.5. The summed E-state index contributed by atoms with van der Waals surface area (Å²) in [6.45, 7) is 8.29. The molecule has 0 aliphatic carbocycles. The number of aliphatic carboxylic acids is 1. The third-order valence-electron chi connectivity index (χ3n) is 4.67. The summed E-state index contributed by atoms with van der Waals surface area (Å²) in [6.07, 6.45) is 3.69. The molecule has 2 fully saturated rings. The van der Waals surface area contributed by atoms with Gasteiger partial charge < -0.3 is 30.4 Å². The van der Waals surface area contributed by atoms with Crippen molar-refractivity contribution in [1.29, 1.82) is 0 Å². The number of carboxylic acid groups (broad SMARTS) is 1. The first-order valence-corrected chi connectivity index (χ1v) is 13.3. The van der Waals surface area contributed by atoms with Crippen LogP contribution in [0.5, 0.6) is 0 Å². The van der Waals surface area contributed by atoms with Gasteiger partial charge in [-0.05, 0) is 26.3 Å². The van der Waals surface area contributed by atoms with Gasteiger partial charge in [0.05, 0.1) is 25.3 Å². The second kappa shape index (κ2) is 19.8. The van der Waals surface area contributed by atoms with E-state index in [1.54, 1.807) is 24.8 Å². The van der Waals surface area contributed by atoms with Crippen LogP contribution in [0.1, 0.15) is 39.5 Å². The van der Waals surface area contributed by atoms with Gasteiger partial charge in [0, 0.05) is 37.8 Å². The smallest absolute Gasteiger partial charge is 0.325 e. The van der Waals surface area contributed by atoms with Crippen LogP contribution in [0.2, 0.25) is 0 Å². The molecule has 0 bridgehead atoms. The van der Waals surface area contributed by atoms with Crippen LogP contribution in [0.15, 0.2) is 17.4 Å². The van der Waals surface area contributed by atoms with Gasteiger partial charge >= 0.3 is 18.0 Å². The second-order valence-electron chi connectivity index (χ2n) is 7.60. The van der Waals surface area contributed by atoms with Crippen molar-refractivity contribution in [2.45, 2.75) is 56.9 Å². The van der Waals surface area contributed by atoms with E-state index in [0.717, 1.165) is 6.42 Å². The van der Waals surface area contributed by atoms with Crippen molar-refractivity contribution in [3.8, 4) is 0 Å². The highest BCUT2D eigenvalue weighted by Gasteiger charge is 2.50. The monoisotopic (exact) mass is 548 g/mol. The summed E-state index contributed by atoms with van der Waals surface area (Å²) in [5.41, 5.74) is 4.80. The van der Waals surface area contributed by atoms with Crippen LogP contribution in [-0.4, -0.2) is 95.9 Å². The number of ketones is 1. The van der Waals surface area contributed by atoms with Gasteiger partial charge in [-0.1, -0.05) is 6.08 Å². The van der Waals surface area contributed by atoms with Crippen LogP contribution in [-0.2, 0) is 23.9 Å². The highest BCUT2D eigenvalue weighted by atomic mass is 32.2. The number of nitrogens with one attached hydrogen (secondary N) is 1. The Kier molecular flexibility index (Phi) is 18.5. The van der Waals surface area contributed by atoms with E-state index >= 15 is 0 Å². The number of rotatable bonds is 12. The first kappa shape index (κ1) is 33.7. The number of esters is 1. The van der Waals surface area contributed by atoms with Crippen LogP contribution >= 0.6 is 20.1 Å². The molecule has 3 atom stereocenters. The summed E-state index contributed by atoms with van der Waals surface area (Å²) in [6, 6.07) is -0.720. The zero-order valence-corrected chi connectivity index (χ0v) is 22.7. The lowest BCUT2D eigenvalue weighted by atomic mass is 10.0. The summed E-state index contributed by atoms with van der Waals surface area (Å²) < 4.78 is 13.3. The van der Waals surface area contributed by atoms with Crippen molar-refractivity contribution in [3.05, 3.63) is 12.7 Å². The maximum Gasteiger partial charge on any atom is 0.325 e. The number of nitrogens with zero attached hydrogens (tertiary/aromatic N) is 2. The van der Waals surface area contributed by atoms with Gasteiger partial charge in [-0.2, -0.15) is 11.8 Å². The van der Waals surface area contributed by atoms with Gasteiger partial charge in [-0.25, -0.2) is 9.69 Å². The fourth-order valence-electron chi connectivity index (χ4n) is 3.12. The van der Waals surface area contributed by atoms with Crippen molar-refractivity contribution in [3.63, 3.8) is 0 Å². The lowest BCUT2D eigenvalue weighted by Gasteiger charge is -2.17. The molecule has 0 aromatic carbocycles. The quantitative estimate of drug-likeness (QED) is 0.108. The number of carbonyl (C=O) groups is 5. The number of urea groups is 1. The van der Waals surface area contributed by atoms with E-state index in [0.29, 0.717) is 45.0 Å². The van der Waals surface area contributed by atoms with Gasteiger partial charge in [-0.3, -0.25) is 19.1 Å². The summed E-state index contributed by atoms with van der Waals surface area (Å²) in [4.78, 5) is 55.8. The Morgan fingerprint density at radius 3 is 2.50 bits per heavy atom. The molecule has 0 spiro atoms. The fourth-order valence-corrected chi connectivity index (χ4v) is 5.17. The average molecular weight is 549 g/mol. The number of ether oxygens (including phenoxy) is 2. The molecule has 0 aromatic rings. The van der Waals surface area contributed by atoms with Crippen molar-refractivity contribution in [1.82, 2.24) is 10.2 Å². The Bertz CT molecular complexity index is 783. The maximum absolute atomic E-state index is 11.8. The standard InChI is InChI=1S/C10H14N3O4PS.C7H12O3.C5H11NO/c1-11-18-10(17)13-5-4-19-6(2-3-7(14)15)8(5)12-9(13)16;1-3-4-9-5-6-10-7(2)8;1-5(7)3-2-4-6/h5-6,8H,2-4H2,1H3,(H,12,16)(H,14,15);3H,1,4-6H2,2H3;2-4,6H2,1H3. The molecule has 2 aliphatic rings. The van der Waals surface area contributed by atoms with Crippen molar-refractivity contribution in [2.75, 3.05) is 39.2 Å². The summed E-state index contributed by atoms with van der Waals surface area (Å²) >= 11 is 1.61. The Balaban J connectivity index is 0.000000605. The molecule has 2 rings (SSSR count). The molecule has 2 aliphatic heterocycles. The molecule has 0 aromatic heterocycles. The normalized spacial score (nSPS) is 19.8. The van der Waals surface area contributed by atoms with Crippen LogP contribution in [0.3, 0.4) is 0 Å². The Hall–Kier alpha value is -2.34. The van der Waals surface area contributed by atoms with Crippen molar-refractivity contribution >= 4 is 49.5 Å². The number of imide groups is 1. The Morgan fingerprint density at radius 1 is 1.31 bits per heavy atom. The first-order valence-electron chi connectivity index (χ1n) is 11.4. The largest absolute Gasteiger partial charge is 0.481 e. The minimum absolute atomic E-state index is 0.0538. The molecule has 12 nitrogen and oxygen atoms in total. The van der Waals surface area contributed by atoms with Crippen LogP contribution in [0.4, 0.5) is 9.59 Å². The highest BCUT2D eigenvalue weighted by Crippen LogP contribution is 2.37. The summed E-state index contributed by atoms with van der Waals surface area (Å²) in [5.74, 6) is -0.240. The number of Topliss-reactive ketones (excluding diaryl/α,β-unsaturated/α-hetero) is 1. The van der Waals surface area contributed by atoms with Gasteiger partial charge in [0.2, 0.25) is 0 Å². The third-order valence-corrected chi connectivity index (χ3v) is 6.75. The van der Waals surface area contributed by atoms with Gasteiger partial charge in [0.15, 0.2) is 0 Å². The molecule has 2 heterocycles. The van der Waals surface area contributed by atoms with E-state index in [2.05, 4.69) is 21.4 Å². The number of carbonyl (C=O) groups excluding carboxylic acids is 4. The van der Waals surface area contributed by atoms with E-state index in [1.807, 2.05) is 0 Å². The van der Waals surface area contributed by atoms with Crippen LogP contribution < -0.4 is 11.1 Å². The minimum atomic E-state index is -0.843. The highest BCUT2D eigenvalue weighted by molar-refractivity contribution is 8.00. The third kappa shape index (κ3) is 14.3. The molecule has 14 heteroatoms. The topological polar surface area (TPSA) is 178 Å². The lowest BCUT2D eigenvalue weighted by molar-refractivity contribution is -0.142. The molecular formula is C22H37N4O8PS. The SMILES string of the molecule is C=CCOCCOC(C)=O.CC(=O)CCCN.CN=PC(=O)N1C(=O)NC2C(CCC(=O)O)SCC21. The number of carboxylic acids is 1. The maximum atomic E-state index is 11.8. The number of hydrogen-bond acceptors (Lipinski definition) is 10. The minimum Gasteiger partial charge on any atom is -0.481 e. The van der Waals surface area contributed by atoms with Crippen molar-refractivity contribution in [2.24, 2.45) is 10.5 Å². The van der Waals surface area contributed by atoms with Gasteiger partial charge in [0.1, 0.15) is 20.8 Å². The van der Waals surface area contributed by atoms with E-state index < -0.39 is 12.0 Å². The molecule has 0 saturated carbocycles. The van der Waals surface area contributed by atoms with Gasteiger partial charge in [0.25, 0.3) is 5.65 Å². The second-order valence-corrected chi connectivity index (χ2v) is 9.85. The molecule has 3 amide bonds. The summed E-state index contributed by atoms with van der Waals surface area (Å²) in [7, 11) is 1.77. The molecule has 36 heavy (non-hydrogen) atoms.